The van der Waals surface area contributed by atoms with E-state index in [9.17, 15) is 4.39 Å². The van der Waals surface area contributed by atoms with Crippen LogP contribution in [0, 0.1) is 5.82 Å². The van der Waals surface area contributed by atoms with E-state index in [1.54, 1.807) is 19.2 Å². The summed E-state index contributed by atoms with van der Waals surface area (Å²) in [4.78, 5) is 0. The number of hydrogen-bond acceptors (Lipinski definition) is 4. The van der Waals surface area contributed by atoms with Gasteiger partial charge in [0, 0.05) is 7.11 Å². The molecule has 0 aromatic heterocycles. The molecule has 4 nitrogen and oxygen atoms in total. The molecule has 1 aromatic carbocycles. The zero-order valence-corrected chi connectivity index (χ0v) is 10.6. The lowest BCUT2D eigenvalue weighted by molar-refractivity contribution is 0.0179. The molecule has 0 N–H and O–H groups in total. The molecule has 0 heterocycles. The minimum atomic E-state index is -0.271. The van der Waals surface area contributed by atoms with Gasteiger partial charge in [-0.05, 0) is 24.3 Å². The molecule has 1 rings (SSSR count). The van der Waals surface area contributed by atoms with Gasteiger partial charge < -0.3 is 18.9 Å². The highest BCUT2D eigenvalue weighted by Crippen LogP contribution is 2.10. The molecule has 0 unspecified atom stereocenters. The smallest absolute Gasteiger partial charge is 0.123 e. The van der Waals surface area contributed by atoms with Crippen molar-refractivity contribution in [2.24, 2.45) is 0 Å². The highest BCUT2D eigenvalue weighted by atomic mass is 19.1. The van der Waals surface area contributed by atoms with Crippen LogP contribution in [0.15, 0.2) is 24.3 Å². The first-order valence-electron chi connectivity index (χ1n) is 5.85. The Morgan fingerprint density at radius 1 is 0.833 bits per heavy atom. The van der Waals surface area contributed by atoms with Gasteiger partial charge in [-0.25, -0.2) is 4.39 Å². The lowest BCUT2D eigenvalue weighted by atomic mass is 10.3. The Kier molecular flexibility index (Phi) is 8.12. The predicted octanol–water partition coefficient (Wildman–Crippen LogP) is 1.88. The Morgan fingerprint density at radius 2 is 1.39 bits per heavy atom. The maximum absolute atomic E-state index is 12.6. The molecular weight excluding hydrogens is 239 g/mol. The summed E-state index contributed by atoms with van der Waals surface area (Å²) in [6, 6.07) is 5.89. The van der Waals surface area contributed by atoms with Crippen LogP contribution >= 0.6 is 0 Å². The van der Waals surface area contributed by atoms with Crippen molar-refractivity contribution in [1.29, 1.82) is 0 Å². The average Bonchev–Trinajstić information content (AvgIpc) is 2.39. The molecule has 0 aliphatic heterocycles. The van der Waals surface area contributed by atoms with Crippen LogP contribution in [0.25, 0.3) is 0 Å². The van der Waals surface area contributed by atoms with E-state index >= 15 is 0 Å². The maximum Gasteiger partial charge on any atom is 0.123 e. The second kappa shape index (κ2) is 9.82. The first kappa shape index (κ1) is 14.9. The van der Waals surface area contributed by atoms with Gasteiger partial charge in [-0.3, -0.25) is 0 Å². The molecule has 0 spiro atoms. The minimum absolute atomic E-state index is 0.271. The van der Waals surface area contributed by atoms with E-state index in [0.29, 0.717) is 45.4 Å². The van der Waals surface area contributed by atoms with E-state index in [1.165, 1.54) is 12.1 Å². The molecule has 0 bridgehead atoms. The second-order valence-electron chi connectivity index (χ2n) is 3.52. The van der Waals surface area contributed by atoms with Crippen LogP contribution < -0.4 is 4.74 Å². The molecule has 1 aromatic rings. The Hall–Kier alpha value is -1.17. The second-order valence-corrected chi connectivity index (χ2v) is 3.52. The van der Waals surface area contributed by atoms with Crippen LogP contribution in [0.2, 0.25) is 0 Å². The number of methoxy groups -OCH3 is 1. The van der Waals surface area contributed by atoms with Gasteiger partial charge in [-0.15, -0.1) is 0 Å². The molecule has 0 amide bonds. The van der Waals surface area contributed by atoms with Crippen LogP contribution in [0.3, 0.4) is 0 Å². The number of benzene rings is 1. The summed E-state index contributed by atoms with van der Waals surface area (Å²) < 4.78 is 33.3. The zero-order valence-electron chi connectivity index (χ0n) is 10.6. The Morgan fingerprint density at radius 3 is 2.00 bits per heavy atom. The largest absolute Gasteiger partial charge is 0.491 e. The van der Waals surface area contributed by atoms with Gasteiger partial charge in [0.25, 0.3) is 0 Å². The summed E-state index contributed by atoms with van der Waals surface area (Å²) in [5.41, 5.74) is 0. The third kappa shape index (κ3) is 7.21. The summed E-state index contributed by atoms with van der Waals surface area (Å²) in [5.74, 6) is 0.364. The van der Waals surface area contributed by atoms with E-state index in [-0.39, 0.29) is 5.82 Å². The molecule has 0 saturated carbocycles. The standard InChI is InChI=1S/C13H19FO4/c1-15-6-7-16-8-9-17-10-11-18-13-4-2-12(14)3-5-13/h2-5H,6-11H2,1H3. The van der Waals surface area contributed by atoms with Gasteiger partial charge in [0.1, 0.15) is 18.2 Å². The fourth-order valence-corrected chi connectivity index (χ4v) is 1.21. The van der Waals surface area contributed by atoms with Crippen molar-refractivity contribution < 1.29 is 23.3 Å². The first-order chi connectivity index (χ1) is 8.83. The van der Waals surface area contributed by atoms with Crippen LogP contribution in [-0.2, 0) is 14.2 Å². The maximum atomic E-state index is 12.6. The number of rotatable bonds is 10. The summed E-state index contributed by atoms with van der Waals surface area (Å²) in [7, 11) is 1.63. The highest BCUT2D eigenvalue weighted by Gasteiger charge is 1.95. The van der Waals surface area contributed by atoms with Crippen molar-refractivity contribution in [3.63, 3.8) is 0 Å². The quantitative estimate of drug-likeness (QED) is 0.600. The van der Waals surface area contributed by atoms with Gasteiger partial charge in [0.15, 0.2) is 0 Å². The SMILES string of the molecule is COCCOCCOCCOc1ccc(F)cc1. The zero-order chi connectivity index (χ0) is 13.1. The third-order valence-corrected chi connectivity index (χ3v) is 2.11. The summed E-state index contributed by atoms with van der Waals surface area (Å²) in [6.45, 7) is 3.14. The van der Waals surface area contributed by atoms with Gasteiger partial charge in [-0.2, -0.15) is 0 Å². The van der Waals surface area contributed by atoms with E-state index < -0.39 is 0 Å². The van der Waals surface area contributed by atoms with Crippen LogP contribution in [0.1, 0.15) is 0 Å². The molecule has 18 heavy (non-hydrogen) atoms. The van der Waals surface area contributed by atoms with E-state index in [0.717, 1.165) is 0 Å². The first-order valence-corrected chi connectivity index (χ1v) is 5.85. The monoisotopic (exact) mass is 258 g/mol. The molecule has 0 radical (unpaired) electrons. The van der Waals surface area contributed by atoms with Crippen molar-refractivity contribution in [3.05, 3.63) is 30.1 Å². The van der Waals surface area contributed by atoms with Crippen molar-refractivity contribution in [3.8, 4) is 5.75 Å². The fraction of sp³-hybridized carbons (Fsp3) is 0.538. The van der Waals surface area contributed by atoms with Crippen LogP contribution in [-0.4, -0.2) is 46.8 Å². The van der Waals surface area contributed by atoms with Gasteiger partial charge in [0.2, 0.25) is 0 Å². The average molecular weight is 258 g/mol. The third-order valence-electron chi connectivity index (χ3n) is 2.11. The summed E-state index contributed by atoms with van der Waals surface area (Å²) in [5, 5.41) is 0. The molecular formula is C13H19FO4. The topological polar surface area (TPSA) is 36.9 Å². The van der Waals surface area contributed by atoms with Crippen molar-refractivity contribution in [2.75, 3.05) is 46.8 Å². The van der Waals surface area contributed by atoms with E-state index in [1.807, 2.05) is 0 Å². The minimum Gasteiger partial charge on any atom is -0.491 e. The summed E-state index contributed by atoms with van der Waals surface area (Å²) in [6.07, 6.45) is 0. The number of ether oxygens (including phenoxy) is 4. The van der Waals surface area contributed by atoms with Gasteiger partial charge in [-0.1, -0.05) is 0 Å². The number of halogens is 1. The number of hydrogen-bond donors (Lipinski definition) is 0. The Balaban J connectivity index is 1.91. The highest BCUT2D eigenvalue weighted by molar-refractivity contribution is 5.21. The Labute approximate surface area is 107 Å². The molecule has 5 heteroatoms. The van der Waals surface area contributed by atoms with Crippen molar-refractivity contribution >= 4 is 0 Å². The lowest BCUT2D eigenvalue weighted by Gasteiger charge is -2.07. The van der Waals surface area contributed by atoms with Crippen LogP contribution in [0.5, 0.6) is 5.75 Å². The fourth-order valence-electron chi connectivity index (χ4n) is 1.21. The predicted molar refractivity (Wildman–Crippen MR) is 65.4 cm³/mol. The Bertz CT molecular complexity index is 302. The molecule has 102 valence electrons. The van der Waals surface area contributed by atoms with E-state index in [4.69, 9.17) is 18.9 Å². The van der Waals surface area contributed by atoms with Gasteiger partial charge >= 0.3 is 0 Å². The molecule has 0 aliphatic carbocycles. The van der Waals surface area contributed by atoms with Crippen molar-refractivity contribution in [1.82, 2.24) is 0 Å². The van der Waals surface area contributed by atoms with Crippen LogP contribution in [0.4, 0.5) is 4.39 Å². The van der Waals surface area contributed by atoms with Gasteiger partial charge in [0.05, 0.1) is 33.0 Å². The summed E-state index contributed by atoms with van der Waals surface area (Å²) >= 11 is 0. The molecule has 0 saturated heterocycles. The lowest BCUT2D eigenvalue weighted by Crippen LogP contribution is -2.12. The molecule has 0 aliphatic rings. The van der Waals surface area contributed by atoms with Crippen molar-refractivity contribution in [2.45, 2.75) is 0 Å². The molecule has 0 fully saturated rings. The van der Waals surface area contributed by atoms with E-state index in [2.05, 4.69) is 0 Å². The molecule has 0 atom stereocenters. The normalized spacial score (nSPS) is 10.6.